The maximum absolute atomic E-state index is 12.6. The molecule has 2 unspecified atom stereocenters. The number of carbonyl (C=O) groups is 6. The summed E-state index contributed by atoms with van der Waals surface area (Å²) in [4.78, 5) is 86.2. The van der Waals surface area contributed by atoms with E-state index in [1.165, 1.54) is 39.0 Å². The SMILES string of the molecule is C.CCOC(=O)C1CN(C(=O)N(C)C)CCN1.CN(C)C(=O)N1CCN(C(=O)c2cccc(N)c2O)C(C(=O)O)C1.O=C(O)c1cccc([N+](=O)[O-])c1O. The number of anilines is 1. The number of rotatable bonds is 6. The molecule has 5 amide bonds. The van der Waals surface area contributed by atoms with Crippen LogP contribution in [-0.2, 0) is 14.3 Å². The van der Waals surface area contributed by atoms with Gasteiger partial charge in [-0.2, -0.15) is 0 Å². The van der Waals surface area contributed by atoms with E-state index in [1.54, 1.807) is 40.0 Å². The average molecular weight is 765 g/mol. The number of carbonyl (C=O) groups excluding carboxylic acids is 4. The van der Waals surface area contributed by atoms with Crippen LogP contribution in [0.15, 0.2) is 36.4 Å². The van der Waals surface area contributed by atoms with E-state index in [-0.39, 0.29) is 62.1 Å². The van der Waals surface area contributed by atoms with Crippen molar-refractivity contribution >= 4 is 47.3 Å². The number of piperazine rings is 2. The first-order valence-corrected chi connectivity index (χ1v) is 16.0. The molecule has 2 aliphatic heterocycles. The summed E-state index contributed by atoms with van der Waals surface area (Å²) in [5.41, 5.74) is 4.47. The lowest BCUT2D eigenvalue weighted by Crippen LogP contribution is -2.60. The zero-order valence-electron chi connectivity index (χ0n) is 29.8. The van der Waals surface area contributed by atoms with E-state index >= 15 is 0 Å². The largest absolute Gasteiger partial charge is 0.505 e. The molecule has 0 aliphatic carbocycles. The van der Waals surface area contributed by atoms with Gasteiger partial charge in [-0.15, -0.1) is 0 Å². The number of amides is 5. The van der Waals surface area contributed by atoms with Crippen molar-refractivity contribution < 1.29 is 58.9 Å². The number of nitrogen functional groups attached to an aromatic ring is 1. The highest BCUT2D eigenvalue weighted by atomic mass is 16.6. The highest BCUT2D eigenvalue weighted by Gasteiger charge is 2.38. The topological polar surface area (TPSA) is 290 Å². The number of aliphatic carboxylic acids is 1. The first kappa shape index (κ1) is 45.6. The van der Waals surface area contributed by atoms with Crippen LogP contribution >= 0.6 is 0 Å². The Kier molecular flexibility index (Phi) is 17.4. The van der Waals surface area contributed by atoms with Crippen LogP contribution in [0.3, 0.4) is 0 Å². The van der Waals surface area contributed by atoms with Gasteiger partial charge in [0.05, 0.1) is 29.3 Å². The Labute approximate surface area is 311 Å². The first-order chi connectivity index (χ1) is 24.8. The number of benzene rings is 2. The molecule has 0 bridgehead atoms. The van der Waals surface area contributed by atoms with Crippen LogP contribution in [0.4, 0.5) is 21.0 Å². The highest BCUT2D eigenvalue weighted by molar-refractivity contribution is 6.00. The molecule has 54 heavy (non-hydrogen) atoms. The smallest absolute Gasteiger partial charge is 0.339 e. The summed E-state index contributed by atoms with van der Waals surface area (Å²) in [6.07, 6.45) is 0. The van der Waals surface area contributed by atoms with Crippen LogP contribution in [0.25, 0.3) is 0 Å². The number of nitrogens with zero attached hydrogens (tertiary/aromatic N) is 6. The summed E-state index contributed by atoms with van der Waals surface area (Å²) in [7, 11) is 6.54. The quantitative estimate of drug-likeness (QED) is 0.0787. The predicted molar refractivity (Wildman–Crippen MR) is 193 cm³/mol. The van der Waals surface area contributed by atoms with E-state index in [4.69, 9.17) is 20.7 Å². The number of hydrogen-bond donors (Lipinski definition) is 6. The molecule has 0 spiro atoms. The van der Waals surface area contributed by atoms with E-state index in [0.717, 1.165) is 17.0 Å². The zero-order chi connectivity index (χ0) is 40.2. The van der Waals surface area contributed by atoms with Crippen LogP contribution in [-0.4, -0.2) is 172 Å². The molecule has 2 aliphatic rings. The van der Waals surface area contributed by atoms with Crippen molar-refractivity contribution in [3.05, 3.63) is 57.6 Å². The second kappa shape index (κ2) is 20.6. The lowest BCUT2D eigenvalue weighted by atomic mass is 10.1. The van der Waals surface area contributed by atoms with Gasteiger partial charge in [-0.05, 0) is 25.1 Å². The standard InChI is InChI=1S/C15H20N4O5.C10H19N3O3.C7H5NO5.CH4/c1-17(2)15(24)18-6-7-19(11(8-18)14(22)23)13(21)9-4-3-5-10(16)12(9)20;1-4-16-9(14)8-7-13(6-5-11-8)10(15)12(2)3;9-6-4(7(10)11)2-1-3-5(6)8(12)13;/h3-5,11,20H,6-8,16H2,1-2H3,(H,22,23);8,11H,4-7H2,1-3H3;1-3,9H,(H,10,11);1H4. The monoisotopic (exact) mass is 764 g/mol. The number of hydrogen-bond acceptors (Lipinski definition) is 13. The fraction of sp³-hybridized carbons (Fsp3) is 0.455. The number of esters is 1. The number of ether oxygens (including phenoxy) is 1. The second-order valence-electron chi connectivity index (χ2n) is 11.8. The molecule has 298 valence electrons. The maximum atomic E-state index is 12.6. The third-order valence-corrected chi connectivity index (χ3v) is 7.72. The molecule has 2 atom stereocenters. The number of phenolic OH excluding ortho intramolecular Hbond substituents is 1. The van der Waals surface area contributed by atoms with Crippen LogP contribution in [0.1, 0.15) is 35.1 Å². The number of phenols is 2. The number of nitrogens with two attached hydrogens (primary N) is 1. The molecule has 4 rings (SSSR count). The Hall–Kier alpha value is -6.38. The highest BCUT2D eigenvalue weighted by Crippen LogP contribution is 2.29. The van der Waals surface area contributed by atoms with Crippen LogP contribution in [0, 0.1) is 10.1 Å². The van der Waals surface area contributed by atoms with E-state index in [9.17, 15) is 49.1 Å². The average Bonchev–Trinajstić information content (AvgIpc) is 3.12. The van der Waals surface area contributed by atoms with Gasteiger partial charge in [0.25, 0.3) is 5.91 Å². The number of nitrogens with one attached hydrogen (secondary N) is 1. The van der Waals surface area contributed by atoms with Gasteiger partial charge in [0.1, 0.15) is 17.6 Å². The van der Waals surface area contributed by atoms with Gasteiger partial charge in [0.15, 0.2) is 5.75 Å². The molecule has 21 heteroatoms. The molecule has 21 nitrogen and oxygen atoms in total. The van der Waals surface area contributed by atoms with Crippen molar-refractivity contribution in [1.29, 1.82) is 0 Å². The Morgan fingerprint density at radius 1 is 0.889 bits per heavy atom. The molecular formula is C33H48N8O13. The van der Waals surface area contributed by atoms with Crippen LogP contribution in [0.2, 0.25) is 0 Å². The summed E-state index contributed by atoms with van der Waals surface area (Å²) in [5, 5.41) is 50.3. The van der Waals surface area contributed by atoms with Gasteiger partial charge in [0, 0.05) is 67.0 Å². The van der Waals surface area contributed by atoms with Gasteiger partial charge >= 0.3 is 35.7 Å². The van der Waals surface area contributed by atoms with Crippen molar-refractivity contribution in [2.75, 3.05) is 79.8 Å². The lowest BCUT2D eigenvalue weighted by molar-refractivity contribution is -0.385. The normalized spacial score (nSPS) is 16.1. The number of aromatic hydroxyl groups is 2. The lowest BCUT2D eigenvalue weighted by Gasteiger charge is -2.40. The number of nitro groups is 1. The minimum Gasteiger partial charge on any atom is -0.505 e. The first-order valence-electron chi connectivity index (χ1n) is 16.0. The maximum Gasteiger partial charge on any atom is 0.339 e. The number of nitro benzene ring substituents is 1. The number of urea groups is 2. The molecule has 2 aromatic rings. The molecule has 0 saturated carbocycles. The Morgan fingerprint density at radius 3 is 1.96 bits per heavy atom. The van der Waals surface area contributed by atoms with Crippen molar-refractivity contribution in [3.8, 4) is 11.5 Å². The summed E-state index contributed by atoms with van der Waals surface area (Å²) in [5.74, 6) is -4.74. The number of para-hydroxylation sites is 2. The molecule has 2 saturated heterocycles. The molecule has 2 heterocycles. The van der Waals surface area contributed by atoms with E-state index in [2.05, 4.69) is 5.32 Å². The Morgan fingerprint density at radius 2 is 1.44 bits per heavy atom. The van der Waals surface area contributed by atoms with Gasteiger partial charge < -0.3 is 60.7 Å². The minimum atomic E-state index is -1.40. The van der Waals surface area contributed by atoms with Crippen LogP contribution < -0.4 is 11.1 Å². The summed E-state index contributed by atoms with van der Waals surface area (Å²) in [6, 6.07) is 5.64. The van der Waals surface area contributed by atoms with Gasteiger partial charge in [-0.1, -0.05) is 19.6 Å². The summed E-state index contributed by atoms with van der Waals surface area (Å²) < 4.78 is 4.92. The predicted octanol–water partition coefficient (Wildman–Crippen LogP) is 1.01. The van der Waals surface area contributed by atoms with E-state index in [1.807, 2.05) is 0 Å². The summed E-state index contributed by atoms with van der Waals surface area (Å²) in [6.45, 7) is 3.86. The fourth-order valence-corrected chi connectivity index (χ4v) is 5.04. The Bertz CT molecular complexity index is 1650. The minimum absolute atomic E-state index is 0. The fourth-order valence-electron chi connectivity index (χ4n) is 5.04. The molecule has 2 aromatic carbocycles. The van der Waals surface area contributed by atoms with Crippen molar-refractivity contribution in [1.82, 2.24) is 29.8 Å². The third-order valence-electron chi connectivity index (χ3n) is 7.72. The molecule has 2 fully saturated rings. The molecule has 7 N–H and O–H groups in total. The number of carboxylic acid groups (broad SMARTS) is 2. The van der Waals surface area contributed by atoms with Crippen molar-refractivity contribution in [2.45, 2.75) is 26.4 Å². The van der Waals surface area contributed by atoms with Gasteiger partial charge in [-0.25, -0.2) is 19.2 Å². The second-order valence-corrected chi connectivity index (χ2v) is 11.8. The third kappa shape index (κ3) is 11.8. The van der Waals surface area contributed by atoms with E-state index in [0.29, 0.717) is 26.2 Å². The van der Waals surface area contributed by atoms with Crippen LogP contribution in [0.5, 0.6) is 11.5 Å². The summed E-state index contributed by atoms with van der Waals surface area (Å²) >= 11 is 0. The number of carboxylic acids is 2. The van der Waals surface area contributed by atoms with Crippen molar-refractivity contribution in [3.63, 3.8) is 0 Å². The zero-order valence-corrected chi connectivity index (χ0v) is 29.8. The molecular weight excluding hydrogens is 716 g/mol. The van der Waals surface area contributed by atoms with Gasteiger partial charge in [0.2, 0.25) is 5.75 Å². The van der Waals surface area contributed by atoms with Gasteiger partial charge in [-0.3, -0.25) is 19.7 Å². The molecule has 0 radical (unpaired) electrons. The number of aromatic carboxylic acids is 1. The Balaban J connectivity index is 0.000000424. The molecule has 0 aromatic heterocycles. The van der Waals surface area contributed by atoms with E-state index < -0.39 is 51.9 Å². The van der Waals surface area contributed by atoms with Crippen molar-refractivity contribution in [2.24, 2.45) is 0 Å².